The molecule has 1 atom stereocenters. The minimum absolute atomic E-state index is 0.0773. The van der Waals surface area contributed by atoms with Crippen LogP contribution in [0.3, 0.4) is 0 Å². The first-order valence-electron chi connectivity index (χ1n) is 13.3. The molecule has 3 aromatic carbocycles. The Morgan fingerprint density at radius 1 is 0.829 bits per heavy atom. The van der Waals surface area contributed by atoms with Crippen molar-refractivity contribution >= 4 is 11.5 Å². The van der Waals surface area contributed by atoms with Crippen molar-refractivity contribution in [1.82, 2.24) is 0 Å². The van der Waals surface area contributed by atoms with Crippen LogP contribution in [-0.2, 0) is 11.2 Å². The van der Waals surface area contributed by atoms with E-state index >= 15 is 8.78 Å². The Hall–Kier alpha value is -4.01. The van der Waals surface area contributed by atoms with Gasteiger partial charge >= 0.3 is 5.97 Å². The number of aryl methyl sites for hydroxylation is 1. The van der Waals surface area contributed by atoms with Gasteiger partial charge in [0.15, 0.2) is 34.8 Å². The lowest BCUT2D eigenvalue weighted by molar-refractivity contribution is -0.139. The summed E-state index contributed by atoms with van der Waals surface area (Å²) in [6.45, 7) is 3.52. The normalized spacial score (nSPS) is 15.2. The fourth-order valence-corrected chi connectivity index (χ4v) is 4.75. The van der Waals surface area contributed by atoms with Crippen molar-refractivity contribution in [2.75, 3.05) is 6.61 Å². The van der Waals surface area contributed by atoms with Crippen LogP contribution in [0.25, 0.3) is 16.7 Å². The van der Waals surface area contributed by atoms with E-state index in [4.69, 9.17) is 9.47 Å². The second-order valence-electron chi connectivity index (χ2n) is 9.54. The average Bonchev–Trinajstić information content (AvgIpc) is 2.97. The Morgan fingerprint density at radius 2 is 1.44 bits per heavy atom. The number of hydrogen-bond acceptors (Lipinski definition) is 3. The van der Waals surface area contributed by atoms with Crippen molar-refractivity contribution in [2.24, 2.45) is 5.92 Å². The molecule has 0 aliphatic heterocycles. The van der Waals surface area contributed by atoms with Gasteiger partial charge in [-0.15, -0.1) is 0 Å². The Labute approximate surface area is 234 Å². The second kappa shape index (κ2) is 13.1. The van der Waals surface area contributed by atoms with E-state index in [1.165, 1.54) is 18.2 Å². The number of carbonyl (C=O) groups is 1. The van der Waals surface area contributed by atoms with E-state index in [1.807, 2.05) is 13.0 Å². The van der Waals surface area contributed by atoms with Crippen LogP contribution in [0, 0.1) is 40.8 Å². The summed E-state index contributed by atoms with van der Waals surface area (Å²) in [5.41, 5.74) is -0.402. The highest BCUT2D eigenvalue weighted by Crippen LogP contribution is 2.37. The molecule has 41 heavy (non-hydrogen) atoms. The summed E-state index contributed by atoms with van der Waals surface area (Å²) in [5.74, 6) is -9.89. The predicted molar refractivity (Wildman–Crippen MR) is 143 cm³/mol. The topological polar surface area (TPSA) is 35.5 Å². The van der Waals surface area contributed by atoms with Gasteiger partial charge in [0.1, 0.15) is 0 Å². The van der Waals surface area contributed by atoms with Gasteiger partial charge in [-0.1, -0.05) is 36.4 Å². The number of halogens is 6. The molecule has 4 rings (SSSR count). The van der Waals surface area contributed by atoms with Gasteiger partial charge in [0.05, 0.1) is 12.5 Å². The van der Waals surface area contributed by atoms with Crippen LogP contribution < -0.4 is 9.47 Å². The lowest BCUT2D eigenvalue weighted by atomic mass is 9.86. The molecule has 0 saturated heterocycles. The summed E-state index contributed by atoms with van der Waals surface area (Å²) < 4.78 is 98.0. The number of hydrogen-bond donors (Lipinski definition) is 0. The number of benzene rings is 3. The van der Waals surface area contributed by atoms with E-state index in [0.29, 0.717) is 18.4 Å². The zero-order chi connectivity index (χ0) is 29.7. The van der Waals surface area contributed by atoms with Gasteiger partial charge in [-0.2, -0.15) is 8.78 Å². The van der Waals surface area contributed by atoms with Gasteiger partial charge < -0.3 is 9.47 Å². The zero-order valence-electron chi connectivity index (χ0n) is 22.5. The lowest BCUT2D eigenvalue weighted by Gasteiger charge is -2.22. The molecular weight excluding hydrogens is 546 g/mol. The third-order valence-corrected chi connectivity index (χ3v) is 6.96. The van der Waals surface area contributed by atoms with E-state index in [1.54, 1.807) is 19.1 Å². The van der Waals surface area contributed by atoms with Crippen molar-refractivity contribution in [2.45, 2.75) is 46.0 Å². The van der Waals surface area contributed by atoms with Crippen molar-refractivity contribution in [3.8, 4) is 22.6 Å². The second-order valence-corrected chi connectivity index (χ2v) is 9.54. The molecule has 0 fully saturated rings. The Morgan fingerprint density at radius 3 is 2.10 bits per heavy atom. The lowest BCUT2D eigenvalue weighted by Crippen LogP contribution is -2.23. The molecule has 3 aromatic rings. The Kier molecular flexibility index (Phi) is 9.57. The highest BCUT2D eigenvalue weighted by atomic mass is 19.2. The molecule has 3 nitrogen and oxygen atoms in total. The molecular formula is C32H28F6O3. The molecule has 0 saturated carbocycles. The van der Waals surface area contributed by atoms with Gasteiger partial charge in [-0.25, -0.2) is 17.6 Å². The van der Waals surface area contributed by atoms with Crippen molar-refractivity contribution < 1.29 is 40.6 Å². The van der Waals surface area contributed by atoms with E-state index in [0.717, 1.165) is 18.2 Å². The number of ether oxygens (including phenoxy) is 2. The standard InChI is InChI=1S/C32H28F6O3/c1-3-5-6-7-19-12-16-25(31(38)26(19)33)41-32(39)20-10-8-18(9-11-20)21-13-14-22(28(35)27(21)34)23-15-17-24(40-4-2)30(37)29(23)36/h3,5,8,12-17,20H,4,6-7,9-11H2,1-2H3. The maximum Gasteiger partial charge on any atom is 0.314 e. The van der Waals surface area contributed by atoms with Crippen molar-refractivity contribution in [3.05, 3.63) is 101 Å². The highest BCUT2D eigenvalue weighted by molar-refractivity contribution is 5.78. The van der Waals surface area contributed by atoms with Gasteiger partial charge in [-0.3, -0.25) is 4.79 Å². The molecule has 0 heterocycles. The molecule has 0 spiro atoms. The minimum atomic E-state index is -1.36. The molecule has 0 bridgehead atoms. The summed E-state index contributed by atoms with van der Waals surface area (Å²) in [4.78, 5) is 12.7. The van der Waals surface area contributed by atoms with E-state index in [-0.39, 0.29) is 42.7 Å². The average molecular weight is 575 g/mol. The van der Waals surface area contributed by atoms with Crippen LogP contribution in [0.15, 0.2) is 54.6 Å². The molecule has 9 heteroatoms. The third-order valence-electron chi connectivity index (χ3n) is 6.96. The van der Waals surface area contributed by atoms with Crippen LogP contribution in [0.2, 0.25) is 0 Å². The maximum atomic E-state index is 15.1. The van der Waals surface area contributed by atoms with Crippen LogP contribution in [0.1, 0.15) is 50.7 Å². The van der Waals surface area contributed by atoms with Gasteiger partial charge in [0.25, 0.3) is 0 Å². The summed E-state index contributed by atoms with van der Waals surface area (Å²) in [6.07, 6.45) is 6.47. The number of rotatable bonds is 9. The fourth-order valence-electron chi connectivity index (χ4n) is 4.75. The largest absolute Gasteiger partial charge is 0.491 e. The predicted octanol–water partition coefficient (Wildman–Crippen LogP) is 8.88. The quantitative estimate of drug-likeness (QED) is 0.111. The summed E-state index contributed by atoms with van der Waals surface area (Å²) >= 11 is 0. The first-order chi connectivity index (χ1) is 19.7. The first kappa shape index (κ1) is 30.0. The molecule has 0 N–H and O–H groups in total. The van der Waals surface area contributed by atoms with Gasteiger partial charge in [0, 0.05) is 16.7 Å². The molecule has 216 valence electrons. The molecule has 1 unspecified atom stereocenters. The van der Waals surface area contributed by atoms with Crippen LogP contribution in [0.5, 0.6) is 11.5 Å². The van der Waals surface area contributed by atoms with E-state index in [2.05, 4.69) is 0 Å². The minimum Gasteiger partial charge on any atom is -0.491 e. The maximum absolute atomic E-state index is 15.1. The SMILES string of the molecule is CC=CCCc1ccc(OC(=O)C2CC=C(c3ccc(-c4ccc(OCC)c(F)c4F)c(F)c3F)CC2)c(F)c1F. The highest BCUT2D eigenvalue weighted by Gasteiger charge is 2.28. The third kappa shape index (κ3) is 6.34. The number of allylic oxidation sites excluding steroid dienone is 4. The first-order valence-corrected chi connectivity index (χ1v) is 13.3. The number of carbonyl (C=O) groups excluding carboxylic acids is 1. The number of esters is 1. The van der Waals surface area contributed by atoms with Crippen molar-refractivity contribution in [3.63, 3.8) is 0 Å². The zero-order valence-corrected chi connectivity index (χ0v) is 22.5. The Balaban J connectivity index is 1.47. The molecule has 0 amide bonds. The molecule has 0 radical (unpaired) electrons. The molecule has 0 aromatic heterocycles. The summed E-state index contributed by atoms with van der Waals surface area (Å²) in [5, 5.41) is 0. The van der Waals surface area contributed by atoms with Crippen LogP contribution >= 0.6 is 0 Å². The van der Waals surface area contributed by atoms with E-state index < -0.39 is 63.7 Å². The summed E-state index contributed by atoms with van der Waals surface area (Å²) in [7, 11) is 0. The van der Waals surface area contributed by atoms with Gasteiger partial charge in [0.2, 0.25) is 11.6 Å². The van der Waals surface area contributed by atoms with E-state index in [9.17, 15) is 22.4 Å². The van der Waals surface area contributed by atoms with Crippen LogP contribution in [-0.4, -0.2) is 12.6 Å². The smallest absolute Gasteiger partial charge is 0.314 e. The van der Waals surface area contributed by atoms with Crippen LogP contribution in [0.4, 0.5) is 26.3 Å². The molecule has 1 aliphatic rings. The Bertz CT molecular complexity index is 1510. The molecule has 1 aliphatic carbocycles. The van der Waals surface area contributed by atoms with Gasteiger partial charge in [-0.05, 0) is 75.3 Å². The van der Waals surface area contributed by atoms with Crippen molar-refractivity contribution in [1.29, 1.82) is 0 Å². The fraction of sp³-hybridized carbons (Fsp3) is 0.281. The summed E-state index contributed by atoms with van der Waals surface area (Å²) in [6, 6.07) is 7.27. The monoisotopic (exact) mass is 574 g/mol.